The number of anilines is 1. The predicted molar refractivity (Wildman–Crippen MR) is 89.5 cm³/mol. The van der Waals surface area contributed by atoms with Gasteiger partial charge in [-0.25, -0.2) is 4.79 Å². The van der Waals surface area contributed by atoms with E-state index in [1.165, 1.54) is 27.2 Å². The Balaban J connectivity index is 2.52. The fourth-order valence-corrected chi connectivity index (χ4v) is 2.30. The van der Waals surface area contributed by atoms with Crippen LogP contribution in [-0.2, 0) is 11.3 Å². The summed E-state index contributed by atoms with van der Waals surface area (Å²) in [5, 5.41) is 0. The maximum absolute atomic E-state index is 12.0. The molecular formula is C18H19NO5. The van der Waals surface area contributed by atoms with Crippen LogP contribution in [0.25, 0.3) is 0 Å². The molecule has 0 fully saturated rings. The van der Waals surface area contributed by atoms with Gasteiger partial charge in [0.15, 0.2) is 11.5 Å². The van der Waals surface area contributed by atoms with Gasteiger partial charge in [-0.3, -0.25) is 4.79 Å². The number of ether oxygens (including phenoxy) is 3. The summed E-state index contributed by atoms with van der Waals surface area (Å²) in [7, 11) is 2.65. The van der Waals surface area contributed by atoms with E-state index in [0.29, 0.717) is 0 Å². The van der Waals surface area contributed by atoms with Gasteiger partial charge in [-0.05, 0) is 18.6 Å². The van der Waals surface area contributed by atoms with Crippen LogP contribution in [0.1, 0.15) is 33.2 Å². The number of Topliss-reactive ketones (excluding diaryl/α,β-unsaturated/α-hetero) is 1. The van der Waals surface area contributed by atoms with Gasteiger partial charge in [-0.1, -0.05) is 30.3 Å². The predicted octanol–water partition coefficient (Wildman–Crippen LogP) is 2.85. The fraction of sp³-hybridized carbons (Fsp3) is 0.222. The Morgan fingerprint density at radius 3 is 2.33 bits per heavy atom. The minimum Gasteiger partial charge on any atom is -0.496 e. The van der Waals surface area contributed by atoms with Gasteiger partial charge in [0.25, 0.3) is 0 Å². The van der Waals surface area contributed by atoms with Gasteiger partial charge < -0.3 is 19.9 Å². The van der Waals surface area contributed by atoms with Crippen LogP contribution < -0.4 is 15.2 Å². The molecule has 0 heterocycles. The molecule has 0 atom stereocenters. The Labute approximate surface area is 140 Å². The van der Waals surface area contributed by atoms with E-state index in [-0.39, 0.29) is 40.7 Å². The maximum atomic E-state index is 12.0. The Kier molecular flexibility index (Phi) is 5.42. The van der Waals surface area contributed by atoms with Crippen molar-refractivity contribution >= 4 is 17.4 Å². The Morgan fingerprint density at radius 1 is 1.12 bits per heavy atom. The molecule has 126 valence electrons. The lowest BCUT2D eigenvalue weighted by Gasteiger charge is -2.18. The standard InChI is InChI=1S/C18H19NO5/c1-11(20)15-14(22-2)9-13(18(21)23-3)16(19)17(15)24-10-12-7-5-4-6-8-12/h4-9H,10,19H2,1-3H3. The van der Waals surface area contributed by atoms with E-state index >= 15 is 0 Å². The zero-order valence-electron chi connectivity index (χ0n) is 13.8. The number of methoxy groups -OCH3 is 2. The summed E-state index contributed by atoms with van der Waals surface area (Å²) in [6.45, 7) is 1.57. The Hall–Kier alpha value is -3.02. The molecule has 6 heteroatoms. The van der Waals surface area contributed by atoms with E-state index in [1.807, 2.05) is 30.3 Å². The molecule has 0 aliphatic heterocycles. The molecule has 6 nitrogen and oxygen atoms in total. The van der Waals surface area contributed by atoms with Crippen LogP contribution in [0.3, 0.4) is 0 Å². The molecule has 0 bridgehead atoms. The lowest BCUT2D eigenvalue weighted by molar-refractivity contribution is 0.0600. The van der Waals surface area contributed by atoms with Crippen molar-refractivity contribution in [3.05, 3.63) is 53.1 Å². The second-order valence-corrected chi connectivity index (χ2v) is 5.07. The number of esters is 1. The zero-order valence-corrected chi connectivity index (χ0v) is 13.8. The van der Waals surface area contributed by atoms with Crippen molar-refractivity contribution in [1.82, 2.24) is 0 Å². The minimum absolute atomic E-state index is 0.0452. The highest BCUT2D eigenvalue weighted by Gasteiger charge is 2.25. The van der Waals surface area contributed by atoms with E-state index in [9.17, 15) is 9.59 Å². The molecule has 0 saturated heterocycles. The summed E-state index contributed by atoms with van der Waals surface area (Å²) in [6, 6.07) is 10.8. The molecule has 0 aromatic heterocycles. The summed E-state index contributed by atoms with van der Waals surface area (Å²) < 4.78 is 15.7. The van der Waals surface area contributed by atoms with E-state index < -0.39 is 5.97 Å². The molecular weight excluding hydrogens is 310 g/mol. The molecule has 0 amide bonds. The van der Waals surface area contributed by atoms with Crippen molar-refractivity contribution < 1.29 is 23.8 Å². The van der Waals surface area contributed by atoms with Crippen molar-refractivity contribution in [1.29, 1.82) is 0 Å². The molecule has 2 aromatic carbocycles. The van der Waals surface area contributed by atoms with Gasteiger partial charge in [-0.15, -0.1) is 0 Å². The van der Waals surface area contributed by atoms with Crippen LogP contribution in [-0.4, -0.2) is 26.0 Å². The van der Waals surface area contributed by atoms with Crippen LogP contribution in [0, 0.1) is 0 Å². The number of benzene rings is 2. The third kappa shape index (κ3) is 3.48. The van der Waals surface area contributed by atoms with Gasteiger partial charge in [0.05, 0.1) is 25.5 Å². The molecule has 0 unspecified atom stereocenters. The molecule has 0 radical (unpaired) electrons. The summed E-state index contributed by atoms with van der Waals surface area (Å²) in [5.74, 6) is -0.588. The van der Waals surface area contributed by atoms with Crippen LogP contribution in [0.2, 0.25) is 0 Å². The first kappa shape index (κ1) is 17.3. The topological polar surface area (TPSA) is 87.8 Å². The van der Waals surface area contributed by atoms with Crippen molar-refractivity contribution in [3.8, 4) is 11.5 Å². The third-order valence-corrected chi connectivity index (χ3v) is 3.49. The lowest BCUT2D eigenvalue weighted by Crippen LogP contribution is -2.12. The number of carbonyl (C=O) groups excluding carboxylic acids is 2. The monoisotopic (exact) mass is 329 g/mol. The average Bonchev–Trinajstić information content (AvgIpc) is 2.60. The van der Waals surface area contributed by atoms with Gasteiger partial charge in [0, 0.05) is 0 Å². The number of carbonyl (C=O) groups is 2. The number of rotatable bonds is 6. The summed E-state index contributed by atoms with van der Waals surface area (Å²) >= 11 is 0. The highest BCUT2D eigenvalue weighted by molar-refractivity contribution is 6.06. The summed E-state index contributed by atoms with van der Waals surface area (Å²) in [5.41, 5.74) is 7.27. The first-order valence-corrected chi connectivity index (χ1v) is 7.26. The molecule has 0 saturated carbocycles. The maximum Gasteiger partial charge on any atom is 0.340 e. The molecule has 0 spiro atoms. The van der Waals surface area contributed by atoms with Gasteiger partial charge >= 0.3 is 5.97 Å². The average molecular weight is 329 g/mol. The number of nitrogen functional groups attached to an aromatic ring is 1. The molecule has 2 aromatic rings. The van der Waals surface area contributed by atoms with Gasteiger partial charge in [0.1, 0.15) is 17.9 Å². The molecule has 2 N–H and O–H groups in total. The Bertz CT molecular complexity index is 756. The van der Waals surface area contributed by atoms with Crippen molar-refractivity contribution in [3.63, 3.8) is 0 Å². The molecule has 24 heavy (non-hydrogen) atoms. The van der Waals surface area contributed by atoms with E-state index in [2.05, 4.69) is 0 Å². The van der Waals surface area contributed by atoms with Crippen LogP contribution >= 0.6 is 0 Å². The van der Waals surface area contributed by atoms with Crippen LogP contribution in [0.4, 0.5) is 5.69 Å². The molecule has 0 aliphatic rings. The lowest BCUT2D eigenvalue weighted by atomic mass is 10.0. The molecule has 0 aliphatic carbocycles. The first-order valence-electron chi connectivity index (χ1n) is 7.26. The smallest absolute Gasteiger partial charge is 0.340 e. The second-order valence-electron chi connectivity index (χ2n) is 5.07. The number of ketones is 1. The van der Waals surface area contributed by atoms with Crippen molar-refractivity contribution in [2.45, 2.75) is 13.5 Å². The number of nitrogens with two attached hydrogens (primary N) is 1. The minimum atomic E-state index is -0.634. The van der Waals surface area contributed by atoms with E-state index in [1.54, 1.807) is 0 Å². The second kappa shape index (κ2) is 7.50. The fourth-order valence-electron chi connectivity index (χ4n) is 2.30. The summed E-state index contributed by atoms with van der Waals surface area (Å²) in [6.07, 6.45) is 0. The van der Waals surface area contributed by atoms with Crippen LogP contribution in [0.5, 0.6) is 11.5 Å². The van der Waals surface area contributed by atoms with Gasteiger partial charge in [-0.2, -0.15) is 0 Å². The first-order chi connectivity index (χ1) is 11.5. The Morgan fingerprint density at radius 2 is 1.79 bits per heavy atom. The highest BCUT2D eigenvalue weighted by atomic mass is 16.5. The van der Waals surface area contributed by atoms with Crippen LogP contribution in [0.15, 0.2) is 36.4 Å². The third-order valence-electron chi connectivity index (χ3n) is 3.49. The van der Waals surface area contributed by atoms with Gasteiger partial charge in [0.2, 0.25) is 0 Å². The zero-order chi connectivity index (χ0) is 17.7. The van der Waals surface area contributed by atoms with E-state index in [0.717, 1.165) is 5.56 Å². The SMILES string of the molecule is COC(=O)c1cc(OC)c(C(C)=O)c(OCc2ccccc2)c1N. The van der Waals surface area contributed by atoms with Crippen molar-refractivity contribution in [2.24, 2.45) is 0 Å². The molecule has 2 rings (SSSR count). The largest absolute Gasteiger partial charge is 0.496 e. The quantitative estimate of drug-likeness (QED) is 0.498. The van der Waals surface area contributed by atoms with E-state index in [4.69, 9.17) is 19.9 Å². The number of hydrogen-bond acceptors (Lipinski definition) is 6. The summed E-state index contributed by atoms with van der Waals surface area (Å²) in [4.78, 5) is 23.9. The van der Waals surface area contributed by atoms with Crippen molar-refractivity contribution in [2.75, 3.05) is 20.0 Å². The normalized spacial score (nSPS) is 10.1. The highest BCUT2D eigenvalue weighted by Crippen LogP contribution is 2.38. The number of hydrogen-bond donors (Lipinski definition) is 1.